The minimum atomic E-state index is -0.399. The van der Waals surface area contributed by atoms with Gasteiger partial charge in [-0.1, -0.05) is 26.7 Å². The molecule has 0 aliphatic carbocycles. The first-order chi connectivity index (χ1) is 9.56. The van der Waals surface area contributed by atoms with Gasteiger partial charge in [0, 0.05) is 25.7 Å². The molecule has 0 aromatic heterocycles. The zero-order valence-electron chi connectivity index (χ0n) is 12.7. The molecule has 1 aliphatic heterocycles. The Kier molecular flexibility index (Phi) is 7.54. The maximum Gasteiger partial charge on any atom is 0.321 e. The number of nitrogens with one attached hydrogen (secondary N) is 2. The largest absolute Gasteiger partial charge is 0.338 e. The van der Waals surface area contributed by atoms with Crippen molar-refractivity contribution in [2.45, 2.75) is 45.6 Å². The Bertz CT molecular complexity index is 322. The maximum atomic E-state index is 11.8. The number of carbonyl (C=O) groups is 2. The third kappa shape index (κ3) is 5.88. The molecule has 1 saturated heterocycles. The van der Waals surface area contributed by atoms with E-state index in [-0.39, 0.29) is 18.5 Å². The lowest BCUT2D eigenvalue weighted by molar-refractivity contribution is -0.121. The van der Waals surface area contributed by atoms with Crippen LogP contribution < -0.4 is 16.4 Å². The lowest BCUT2D eigenvalue weighted by Crippen LogP contribution is -2.51. The van der Waals surface area contributed by atoms with E-state index in [0.717, 1.165) is 38.8 Å². The first-order valence-corrected chi connectivity index (χ1v) is 7.62. The fraction of sp³-hybridized carbons (Fsp3) is 0.857. The van der Waals surface area contributed by atoms with Gasteiger partial charge in [0.05, 0.1) is 6.54 Å². The highest BCUT2D eigenvalue weighted by Gasteiger charge is 2.26. The number of carbonyl (C=O) groups excluding carboxylic acids is 2. The fourth-order valence-corrected chi connectivity index (χ4v) is 2.49. The summed E-state index contributed by atoms with van der Waals surface area (Å²) in [6.07, 6.45) is 3.87. The highest BCUT2D eigenvalue weighted by molar-refractivity contribution is 5.95. The number of hydrogen-bond acceptors (Lipinski definition) is 4. The number of imide groups is 1. The Morgan fingerprint density at radius 1 is 1.35 bits per heavy atom. The molecule has 20 heavy (non-hydrogen) atoms. The Balaban J connectivity index is 2.26. The number of urea groups is 1. The molecule has 4 N–H and O–H groups in total. The van der Waals surface area contributed by atoms with Crippen LogP contribution in [-0.2, 0) is 4.79 Å². The summed E-state index contributed by atoms with van der Waals surface area (Å²) in [5.74, 6) is 0.194. The summed E-state index contributed by atoms with van der Waals surface area (Å²) in [4.78, 5) is 25.3. The predicted octanol–water partition coefficient (Wildman–Crippen LogP) is 0.672. The van der Waals surface area contributed by atoms with Crippen LogP contribution in [0, 0.1) is 5.92 Å². The van der Waals surface area contributed by atoms with Crippen LogP contribution in [0.4, 0.5) is 4.79 Å². The molecule has 1 heterocycles. The van der Waals surface area contributed by atoms with Gasteiger partial charge in [-0.05, 0) is 18.8 Å². The van der Waals surface area contributed by atoms with Gasteiger partial charge < -0.3 is 11.1 Å². The first kappa shape index (κ1) is 16.9. The molecule has 2 unspecified atom stereocenters. The third-order valence-corrected chi connectivity index (χ3v) is 3.84. The summed E-state index contributed by atoms with van der Waals surface area (Å²) in [5.41, 5.74) is 6.04. The molecule has 1 rings (SSSR count). The van der Waals surface area contributed by atoms with Crippen molar-refractivity contribution in [3.63, 3.8) is 0 Å². The highest BCUT2D eigenvalue weighted by Crippen LogP contribution is 2.17. The number of rotatable bonds is 6. The second kappa shape index (κ2) is 8.92. The monoisotopic (exact) mass is 284 g/mol. The van der Waals surface area contributed by atoms with E-state index in [1.807, 2.05) is 0 Å². The number of hydrogen-bond donors (Lipinski definition) is 3. The molecular formula is C14H28N4O2. The maximum absolute atomic E-state index is 11.8. The van der Waals surface area contributed by atoms with Crippen molar-refractivity contribution >= 4 is 11.9 Å². The van der Waals surface area contributed by atoms with E-state index in [0.29, 0.717) is 12.5 Å². The summed E-state index contributed by atoms with van der Waals surface area (Å²) >= 11 is 0. The van der Waals surface area contributed by atoms with Crippen molar-refractivity contribution < 1.29 is 9.59 Å². The van der Waals surface area contributed by atoms with Gasteiger partial charge in [0.1, 0.15) is 0 Å². The molecule has 0 radical (unpaired) electrons. The van der Waals surface area contributed by atoms with Crippen LogP contribution in [0.3, 0.4) is 0 Å². The molecule has 1 aliphatic rings. The normalized spacial score (nSPS) is 23.4. The van der Waals surface area contributed by atoms with Gasteiger partial charge in [0.15, 0.2) is 0 Å². The van der Waals surface area contributed by atoms with Crippen molar-refractivity contribution in [3.8, 4) is 0 Å². The molecule has 1 fully saturated rings. The van der Waals surface area contributed by atoms with Gasteiger partial charge in [0.2, 0.25) is 5.91 Å². The van der Waals surface area contributed by atoms with Gasteiger partial charge >= 0.3 is 6.03 Å². The predicted molar refractivity (Wildman–Crippen MR) is 79.3 cm³/mol. The molecule has 6 nitrogen and oxygen atoms in total. The Morgan fingerprint density at radius 2 is 2.10 bits per heavy atom. The van der Waals surface area contributed by atoms with Crippen LogP contribution in [0.2, 0.25) is 0 Å². The van der Waals surface area contributed by atoms with Crippen LogP contribution in [-0.4, -0.2) is 49.1 Å². The van der Waals surface area contributed by atoms with E-state index in [2.05, 4.69) is 29.4 Å². The van der Waals surface area contributed by atoms with E-state index < -0.39 is 6.03 Å². The summed E-state index contributed by atoms with van der Waals surface area (Å²) in [7, 11) is 0. The second-order valence-corrected chi connectivity index (χ2v) is 5.51. The van der Waals surface area contributed by atoms with Crippen LogP contribution in [0.15, 0.2) is 0 Å². The molecular weight excluding hydrogens is 256 g/mol. The van der Waals surface area contributed by atoms with E-state index in [1.165, 1.54) is 0 Å². The van der Waals surface area contributed by atoms with E-state index in [9.17, 15) is 9.59 Å². The summed E-state index contributed by atoms with van der Waals surface area (Å²) in [5, 5.41) is 5.04. The van der Waals surface area contributed by atoms with Crippen LogP contribution >= 0.6 is 0 Å². The zero-order chi connectivity index (χ0) is 15.0. The van der Waals surface area contributed by atoms with Gasteiger partial charge in [0.25, 0.3) is 0 Å². The van der Waals surface area contributed by atoms with Crippen molar-refractivity contribution in [1.29, 1.82) is 0 Å². The number of likely N-dealkylation sites (tertiary alicyclic amines) is 1. The molecule has 0 bridgehead atoms. The first-order valence-electron chi connectivity index (χ1n) is 7.62. The molecule has 0 aromatic carbocycles. The zero-order valence-corrected chi connectivity index (χ0v) is 12.7. The molecule has 6 heteroatoms. The SMILES string of the molecule is CCCCNC(=O)NC(=O)CN1CCC(N)C(CC)C1. The Morgan fingerprint density at radius 3 is 2.75 bits per heavy atom. The second-order valence-electron chi connectivity index (χ2n) is 5.51. The van der Waals surface area contributed by atoms with Crippen molar-refractivity contribution in [2.24, 2.45) is 11.7 Å². The number of piperidine rings is 1. The lowest BCUT2D eigenvalue weighted by atomic mass is 9.91. The standard InChI is InChI=1S/C14H28N4O2/c1-3-5-7-16-14(20)17-13(19)10-18-8-6-12(15)11(4-2)9-18/h11-12H,3-10,15H2,1-2H3,(H2,16,17,19,20). The van der Waals surface area contributed by atoms with Gasteiger partial charge in [-0.15, -0.1) is 0 Å². The summed E-state index contributed by atoms with van der Waals surface area (Å²) < 4.78 is 0. The Labute approximate surface area is 121 Å². The molecule has 116 valence electrons. The van der Waals surface area contributed by atoms with Gasteiger partial charge in [-0.25, -0.2) is 4.79 Å². The van der Waals surface area contributed by atoms with E-state index in [4.69, 9.17) is 5.73 Å². The number of nitrogens with two attached hydrogens (primary N) is 1. The van der Waals surface area contributed by atoms with Crippen LogP contribution in [0.1, 0.15) is 39.5 Å². The smallest absolute Gasteiger partial charge is 0.321 e. The van der Waals surface area contributed by atoms with Gasteiger partial charge in [-0.2, -0.15) is 0 Å². The van der Waals surface area contributed by atoms with Gasteiger partial charge in [-0.3, -0.25) is 15.0 Å². The van der Waals surface area contributed by atoms with E-state index >= 15 is 0 Å². The number of nitrogens with zero attached hydrogens (tertiary/aromatic N) is 1. The minimum absolute atomic E-state index is 0.233. The van der Waals surface area contributed by atoms with Crippen molar-refractivity contribution in [1.82, 2.24) is 15.5 Å². The molecule has 3 amide bonds. The van der Waals surface area contributed by atoms with E-state index in [1.54, 1.807) is 0 Å². The molecule has 0 spiro atoms. The minimum Gasteiger partial charge on any atom is -0.338 e. The Hall–Kier alpha value is -1.14. The van der Waals surface area contributed by atoms with Crippen molar-refractivity contribution in [3.05, 3.63) is 0 Å². The van der Waals surface area contributed by atoms with Crippen LogP contribution in [0.5, 0.6) is 0 Å². The molecule has 0 saturated carbocycles. The molecule has 0 aromatic rings. The summed E-state index contributed by atoms with van der Waals surface area (Å²) in [6.45, 7) is 6.70. The lowest BCUT2D eigenvalue weighted by Gasteiger charge is -2.35. The van der Waals surface area contributed by atoms with Crippen LogP contribution in [0.25, 0.3) is 0 Å². The fourth-order valence-electron chi connectivity index (χ4n) is 2.49. The number of amides is 3. The van der Waals surface area contributed by atoms with Crippen molar-refractivity contribution in [2.75, 3.05) is 26.2 Å². The third-order valence-electron chi connectivity index (χ3n) is 3.84. The quantitative estimate of drug-likeness (QED) is 0.626. The highest BCUT2D eigenvalue weighted by atomic mass is 16.2. The topological polar surface area (TPSA) is 87.5 Å². The average molecular weight is 284 g/mol. The average Bonchev–Trinajstić information content (AvgIpc) is 2.41. The molecule has 2 atom stereocenters. The summed E-state index contributed by atoms with van der Waals surface area (Å²) in [6, 6.07) is -0.166. The number of unbranched alkanes of at least 4 members (excludes halogenated alkanes) is 1.